The number of fused-ring (bicyclic) bond motifs is 1. The molecule has 1 aliphatic rings. The van der Waals surface area contributed by atoms with Crippen molar-refractivity contribution < 1.29 is 4.52 Å². The lowest BCUT2D eigenvalue weighted by atomic mass is 9.97. The topological polar surface area (TPSA) is 47.1 Å². The summed E-state index contributed by atoms with van der Waals surface area (Å²) < 4.78 is 7.79. The van der Waals surface area contributed by atoms with E-state index in [4.69, 9.17) is 9.51 Å². The summed E-state index contributed by atoms with van der Waals surface area (Å²) in [7, 11) is 2.06. The lowest BCUT2D eigenvalue weighted by Gasteiger charge is -2.30. The van der Waals surface area contributed by atoms with Crippen molar-refractivity contribution in [3.63, 3.8) is 0 Å². The van der Waals surface area contributed by atoms with Crippen LogP contribution in [0, 0.1) is 0 Å². The molecule has 1 aliphatic heterocycles. The van der Waals surface area contributed by atoms with Gasteiger partial charge in [0, 0.05) is 36.3 Å². The summed E-state index contributed by atoms with van der Waals surface area (Å²) >= 11 is 0. The lowest BCUT2D eigenvalue weighted by molar-refractivity contribution is 0.185. The Hall–Kier alpha value is -2.14. The molecule has 0 saturated carbocycles. The Morgan fingerprint density at radius 1 is 1.28 bits per heavy atom. The van der Waals surface area contributed by atoms with Crippen molar-refractivity contribution in [2.24, 2.45) is 7.05 Å². The second-order valence-electron chi connectivity index (χ2n) is 7.12. The van der Waals surface area contributed by atoms with Gasteiger partial charge in [-0.25, -0.2) is 0 Å². The summed E-state index contributed by atoms with van der Waals surface area (Å²) in [5.74, 6) is 1.86. The zero-order valence-corrected chi connectivity index (χ0v) is 15.1. The SMILES string of the molecule is CCCCN1CCCC(c2nc(-c3cn(C)c4ccccc34)no2)C1. The van der Waals surface area contributed by atoms with Crippen molar-refractivity contribution in [3.05, 3.63) is 36.4 Å². The van der Waals surface area contributed by atoms with Crippen molar-refractivity contribution in [3.8, 4) is 11.4 Å². The number of para-hydroxylation sites is 1. The lowest BCUT2D eigenvalue weighted by Crippen LogP contribution is -2.35. The van der Waals surface area contributed by atoms with Crippen LogP contribution in [0.5, 0.6) is 0 Å². The molecule has 5 nitrogen and oxygen atoms in total. The molecule has 2 aromatic heterocycles. The first-order valence-corrected chi connectivity index (χ1v) is 9.36. The normalized spacial score (nSPS) is 18.9. The Labute approximate surface area is 148 Å². The molecule has 1 fully saturated rings. The number of aryl methyl sites for hydroxylation is 1. The van der Waals surface area contributed by atoms with Crippen LogP contribution < -0.4 is 0 Å². The van der Waals surface area contributed by atoms with Crippen LogP contribution in [0.15, 0.2) is 35.0 Å². The Morgan fingerprint density at radius 2 is 2.16 bits per heavy atom. The van der Waals surface area contributed by atoms with Crippen LogP contribution in [0.1, 0.15) is 44.4 Å². The van der Waals surface area contributed by atoms with Gasteiger partial charge in [0.1, 0.15) is 0 Å². The first-order chi connectivity index (χ1) is 12.3. The quantitative estimate of drug-likeness (QED) is 0.699. The van der Waals surface area contributed by atoms with E-state index in [0.717, 1.165) is 24.4 Å². The summed E-state index contributed by atoms with van der Waals surface area (Å²) in [5, 5.41) is 5.47. The first kappa shape index (κ1) is 16.3. The second-order valence-corrected chi connectivity index (χ2v) is 7.12. The van der Waals surface area contributed by atoms with Crippen LogP contribution in [-0.2, 0) is 7.05 Å². The standard InChI is InChI=1S/C20H26N4O/c1-3-4-11-24-12-7-8-15(13-24)20-21-19(22-25-20)17-14-23(2)18-10-6-5-9-16(17)18/h5-6,9-10,14-15H,3-4,7-8,11-13H2,1-2H3. The van der Waals surface area contributed by atoms with E-state index in [1.54, 1.807) is 0 Å². The Kier molecular flexibility index (Phi) is 4.57. The highest BCUT2D eigenvalue weighted by atomic mass is 16.5. The minimum atomic E-state index is 0.363. The smallest absolute Gasteiger partial charge is 0.231 e. The first-order valence-electron chi connectivity index (χ1n) is 9.36. The summed E-state index contributed by atoms with van der Waals surface area (Å²) in [5.41, 5.74) is 2.24. The van der Waals surface area contributed by atoms with Gasteiger partial charge in [0.25, 0.3) is 0 Å². The van der Waals surface area contributed by atoms with Gasteiger partial charge in [-0.05, 0) is 38.4 Å². The van der Waals surface area contributed by atoms with Gasteiger partial charge < -0.3 is 14.0 Å². The highest BCUT2D eigenvalue weighted by Gasteiger charge is 2.26. The number of nitrogens with zero attached hydrogens (tertiary/aromatic N) is 4. The zero-order chi connectivity index (χ0) is 17.2. The molecule has 1 saturated heterocycles. The van der Waals surface area contributed by atoms with E-state index in [1.807, 2.05) is 0 Å². The third kappa shape index (κ3) is 3.21. The van der Waals surface area contributed by atoms with Gasteiger partial charge in [0.05, 0.1) is 5.92 Å². The molecular weight excluding hydrogens is 312 g/mol. The maximum atomic E-state index is 5.67. The molecule has 1 aromatic carbocycles. The minimum absolute atomic E-state index is 0.363. The molecule has 4 rings (SSSR count). The van der Waals surface area contributed by atoms with Gasteiger partial charge in [0.15, 0.2) is 0 Å². The van der Waals surface area contributed by atoms with Gasteiger partial charge in [-0.3, -0.25) is 0 Å². The fourth-order valence-corrected chi connectivity index (χ4v) is 3.87. The molecule has 25 heavy (non-hydrogen) atoms. The predicted molar refractivity (Wildman–Crippen MR) is 99.5 cm³/mol. The van der Waals surface area contributed by atoms with Gasteiger partial charge in [-0.1, -0.05) is 36.7 Å². The third-order valence-electron chi connectivity index (χ3n) is 5.26. The van der Waals surface area contributed by atoms with Crippen molar-refractivity contribution in [1.82, 2.24) is 19.6 Å². The molecule has 0 aliphatic carbocycles. The van der Waals surface area contributed by atoms with Gasteiger partial charge in [0.2, 0.25) is 11.7 Å². The molecular formula is C20H26N4O. The summed E-state index contributed by atoms with van der Waals surface area (Å²) in [6.07, 6.45) is 6.94. The number of piperidine rings is 1. The third-order valence-corrected chi connectivity index (χ3v) is 5.26. The molecule has 5 heteroatoms. The predicted octanol–water partition coefficient (Wildman–Crippen LogP) is 4.21. The molecule has 0 amide bonds. The second kappa shape index (κ2) is 7.00. The van der Waals surface area contributed by atoms with E-state index < -0.39 is 0 Å². The van der Waals surface area contributed by atoms with Crippen LogP contribution in [0.3, 0.4) is 0 Å². The summed E-state index contributed by atoms with van der Waals surface area (Å²) in [6.45, 7) is 5.66. The molecule has 0 radical (unpaired) electrons. The average molecular weight is 338 g/mol. The zero-order valence-electron chi connectivity index (χ0n) is 15.1. The molecule has 3 heterocycles. The Morgan fingerprint density at radius 3 is 3.04 bits per heavy atom. The monoisotopic (exact) mass is 338 g/mol. The highest BCUT2D eigenvalue weighted by Crippen LogP contribution is 2.31. The van der Waals surface area contributed by atoms with E-state index in [2.05, 4.69) is 59.1 Å². The van der Waals surface area contributed by atoms with Gasteiger partial charge >= 0.3 is 0 Å². The van der Waals surface area contributed by atoms with Crippen LogP contribution >= 0.6 is 0 Å². The summed E-state index contributed by atoms with van der Waals surface area (Å²) in [4.78, 5) is 7.31. The van der Waals surface area contributed by atoms with Gasteiger partial charge in [-0.15, -0.1) is 0 Å². The van der Waals surface area contributed by atoms with E-state index in [-0.39, 0.29) is 0 Å². The number of unbranched alkanes of at least 4 members (excludes halogenated alkanes) is 1. The van der Waals surface area contributed by atoms with E-state index in [1.165, 1.54) is 43.3 Å². The molecule has 0 spiro atoms. The largest absolute Gasteiger partial charge is 0.350 e. The number of likely N-dealkylation sites (tertiary alicyclic amines) is 1. The fourth-order valence-electron chi connectivity index (χ4n) is 3.87. The number of hydrogen-bond acceptors (Lipinski definition) is 4. The maximum absolute atomic E-state index is 5.67. The molecule has 1 atom stereocenters. The van der Waals surface area contributed by atoms with E-state index >= 15 is 0 Å². The number of hydrogen-bond donors (Lipinski definition) is 0. The van der Waals surface area contributed by atoms with Crippen LogP contribution in [0.25, 0.3) is 22.3 Å². The number of benzene rings is 1. The number of aromatic nitrogens is 3. The highest BCUT2D eigenvalue weighted by molar-refractivity contribution is 5.94. The fraction of sp³-hybridized carbons (Fsp3) is 0.500. The summed E-state index contributed by atoms with van der Waals surface area (Å²) in [6, 6.07) is 8.35. The van der Waals surface area contributed by atoms with Crippen molar-refractivity contribution in [1.29, 1.82) is 0 Å². The average Bonchev–Trinajstić information content (AvgIpc) is 3.26. The molecule has 0 N–H and O–H groups in total. The van der Waals surface area contributed by atoms with E-state index in [9.17, 15) is 0 Å². The molecule has 132 valence electrons. The van der Waals surface area contributed by atoms with Crippen LogP contribution in [-0.4, -0.2) is 39.2 Å². The van der Waals surface area contributed by atoms with Gasteiger partial charge in [-0.2, -0.15) is 4.98 Å². The molecule has 0 bridgehead atoms. The Bertz CT molecular complexity index is 850. The van der Waals surface area contributed by atoms with Crippen molar-refractivity contribution in [2.75, 3.05) is 19.6 Å². The number of rotatable bonds is 5. The molecule has 1 unspecified atom stereocenters. The van der Waals surface area contributed by atoms with Crippen LogP contribution in [0.2, 0.25) is 0 Å². The van der Waals surface area contributed by atoms with E-state index in [0.29, 0.717) is 11.7 Å². The maximum Gasteiger partial charge on any atom is 0.231 e. The van der Waals surface area contributed by atoms with Crippen molar-refractivity contribution in [2.45, 2.75) is 38.5 Å². The van der Waals surface area contributed by atoms with Crippen LogP contribution in [0.4, 0.5) is 0 Å². The van der Waals surface area contributed by atoms with Crippen molar-refractivity contribution >= 4 is 10.9 Å². The minimum Gasteiger partial charge on any atom is -0.350 e. The Balaban J connectivity index is 1.57. The molecule has 3 aromatic rings.